The minimum atomic E-state index is -3.16. The molecule has 1 aromatic carbocycles. The first kappa shape index (κ1) is 21.0. The van der Waals surface area contributed by atoms with E-state index in [1.807, 2.05) is 12.1 Å². The second-order valence-corrected chi connectivity index (χ2v) is 10.1. The van der Waals surface area contributed by atoms with Crippen molar-refractivity contribution in [1.29, 1.82) is 0 Å². The number of hydrogen-bond donors (Lipinski definition) is 2. The van der Waals surface area contributed by atoms with Crippen molar-refractivity contribution < 1.29 is 22.8 Å². The summed E-state index contributed by atoms with van der Waals surface area (Å²) in [4.78, 5) is 42.8. The van der Waals surface area contributed by atoms with E-state index >= 15 is 0 Å². The highest BCUT2D eigenvalue weighted by Crippen LogP contribution is 2.31. The number of rotatable bonds is 5. The molecule has 3 heterocycles. The molecule has 0 bridgehead atoms. The number of pyridine rings is 1. The lowest BCUT2D eigenvalue weighted by molar-refractivity contribution is -0.132. The van der Waals surface area contributed by atoms with Gasteiger partial charge in [-0.2, -0.15) is 0 Å². The highest BCUT2D eigenvalue weighted by atomic mass is 32.2. The Kier molecular flexibility index (Phi) is 5.48. The predicted molar refractivity (Wildman–Crippen MR) is 112 cm³/mol. The highest BCUT2D eigenvalue weighted by Gasteiger charge is 2.53. The van der Waals surface area contributed by atoms with Crippen molar-refractivity contribution in [3.8, 4) is 0 Å². The molecular weight excluding hydrogens is 420 g/mol. The Bertz CT molecular complexity index is 1100. The maximum absolute atomic E-state index is 12.9. The molecule has 2 aliphatic heterocycles. The highest BCUT2D eigenvalue weighted by molar-refractivity contribution is 7.91. The van der Waals surface area contributed by atoms with Crippen LogP contribution in [-0.2, 0) is 27.7 Å². The van der Waals surface area contributed by atoms with Gasteiger partial charge < -0.3 is 10.6 Å². The number of sulfone groups is 1. The Hall–Kier alpha value is -3.27. The zero-order chi connectivity index (χ0) is 22.1. The third kappa shape index (κ3) is 4.43. The predicted octanol–water partition coefficient (Wildman–Crippen LogP) is 1.01. The Balaban J connectivity index is 1.38. The van der Waals surface area contributed by atoms with Crippen molar-refractivity contribution in [3.05, 3.63) is 65.5 Å². The minimum absolute atomic E-state index is 0.0506. The number of urea groups is 1. The molecular formula is C21H22N4O5S. The summed E-state index contributed by atoms with van der Waals surface area (Å²) >= 11 is 0. The molecule has 0 unspecified atom stereocenters. The van der Waals surface area contributed by atoms with Gasteiger partial charge in [-0.05, 0) is 42.7 Å². The van der Waals surface area contributed by atoms with E-state index in [2.05, 4.69) is 15.6 Å². The van der Waals surface area contributed by atoms with Gasteiger partial charge in [0.15, 0.2) is 9.84 Å². The molecule has 0 aliphatic carbocycles. The molecule has 9 nitrogen and oxygen atoms in total. The van der Waals surface area contributed by atoms with Gasteiger partial charge in [0.2, 0.25) is 0 Å². The van der Waals surface area contributed by atoms with Crippen molar-refractivity contribution >= 4 is 27.7 Å². The van der Waals surface area contributed by atoms with Gasteiger partial charge in [0.05, 0.1) is 30.3 Å². The first-order valence-electron chi connectivity index (χ1n) is 9.90. The van der Waals surface area contributed by atoms with Crippen LogP contribution in [0.3, 0.4) is 0 Å². The standard InChI is InChI=1S/C21H22N4O5S/c26-18(23-13-17-3-1-2-10-22-17)16-6-4-15(5-7-16)14-25-19(27)21(24-20(25)28)8-11-31(29,30)12-9-21/h1-7,10H,8-9,11-14H2,(H,23,26)(H,24,28). The second-order valence-electron chi connectivity index (χ2n) is 7.76. The van der Waals surface area contributed by atoms with Crippen LogP contribution in [-0.4, -0.2) is 53.2 Å². The van der Waals surface area contributed by atoms with Gasteiger partial charge in [-0.1, -0.05) is 18.2 Å². The van der Waals surface area contributed by atoms with E-state index in [1.54, 1.807) is 36.5 Å². The third-order valence-electron chi connectivity index (χ3n) is 5.64. The molecule has 10 heteroatoms. The Morgan fingerprint density at radius 2 is 1.81 bits per heavy atom. The van der Waals surface area contributed by atoms with Crippen LogP contribution in [0.15, 0.2) is 48.7 Å². The second kappa shape index (κ2) is 8.10. The van der Waals surface area contributed by atoms with Crippen LogP contribution in [0.25, 0.3) is 0 Å². The number of hydrogen-bond acceptors (Lipinski definition) is 6. The summed E-state index contributed by atoms with van der Waals surface area (Å²) < 4.78 is 23.4. The topological polar surface area (TPSA) is 126 Å². The van der Waals surface area contributed by atoms with Crippen molar-refractivity contribution in [2.24, 2.45) is 0 Å². The fourth-order valence-electron chi connectivity index (χ4n) is 3.76. The normalized spacial score (nSPS) is 19.3. The number of nitrogens with one attached hydrogen (secondary N) is 2. The molecule has 1 spiro atoms. The van der Waals surface area contributed by atoms with Gasteiger partial charge in [0, 0.05) is 11.8 Å². The number of amides is 4. The molecule has 162 valence electrons. The van der Waals surface area contributed by atoms with Crippen LogP contribution < -0.4 is 10.6 Å². The summed E-state index contributed by atoms with van der Waals surface area (Å²) in [6, 6.07) is 11.6. The first-order valence-corrected chi connectivity index (χ1v) is 11.7. The van der Waals surface area contributed by atoms with Crippen LogP contribution in [0.4, 0.5) is 4.79 Å². The molecule has 2 aliphatic rings. The molecule has 2 N–H and O–H groups in total. The molecule has 2 saturated heterocycles. The summed E-state index contributed by atoms with van der Waals surface area (Å²) in [5.41, 5.74) is 0.750. The molecule has 0 saturated carbocycles. The maximum atomic E-state index is 12.9. The minimum Gasteiger partial charge on any atom is -0.346 e. The van der Waals surface area contributed by atoms with Crippen molar-refractivity contribution in [2.45, 2.75) is 31.5 Å². The van der Waals surface area contributed by atoms with E-state index in [1.165, 1.54) is 0 Å². The SMILES string of the molecule is O=C(NCc1ccccn1)c1ccc(CN2C(=O)NC3(CCS(=O)(=O)CC3)C2=O)cc1. The molecule has 4 amide bonds. The number of nitrogens with zero attached hydrogens (tertiary/aromatic N) is 2. The van der Waals surface area contributed by atoms with Crippen molar-refractivity contribution in [3.63, 3.8) is 0 Å². The smallest absolute Gasteiger partial charge is 0.325 e. The lowest BCUT2D eigenvalue weighted by atomic mass is 9.92. The molecule has 0 atom stereocenters. The fraction of sp³-hybridized carbons (Fsp3) is 0.333. The lowest BCUT2D eigenvalue weighted by Crippen LogP contribution is -2.52. The molecule has 31 heavy (non-hydrogen) atoms. The van der Waals surface area contributed by atoms with Gasteiger partial charge in [-0.15, -0.1) is 0 Å². The zero-order valence-corrected chi connectivity index (χ0v) is 17.5. The van der Waals surface area contributed by atoms with Gasteiger partial charge in [-0.3, -0.25) is 19.5 Å². The first-order chi connectivity index (χ1) is 14.8. The Morgan fingerprint density at radius 3 is 2.45 bits per heavy atom. The van der Waals surface area contributed by atoms with Crippen molar-refractivity contribution in [1.82, 2.24) is 20.5 Å². The molecule has 2 fully saturated rings. The molecule has 0 radical (unpaired) electrons. The van der Waals surface area contributed by atoms with E-state index < -0.39 is 27.3 Å². The summed E-state index contributed by atoms with van der Waals surface area (Å²) in [6.45, 7) is 0.358. The summed E-state index contributed by atoms with van der Waals surface area (Å²) in [5.74, 6) is -0.885. The van der Waals surface area contributed by atoms with Crippen molar-refractivity contribution in [2.75, 3.05) is 11.5 Å². The molecule has 1 aromatic heterocycles. The summed E-state index contributed by atoms with van der Waals surface area (Å²) in [5, 5.41) is 5.48. The van der Waals surface area contributed by atoms with Gasteiger partial charge >= 0.3 is 6.03 Å². The van der Waals surface area contributed by atoms with E-state index in [9.17, 15) is 22.8 Å². The average molecular weight is 442 g/mol. The quantitative estimate of drug-likeness (QED) is 0.666. The lowest BCUT2D eigenvalue weighted by Gasteiger charge is -2.30. The van der Waals surface area contributed by atoms with E-state index in [0.29, 0.717) is 17.7 Å². The number of benzene rings is 1. The zero-order valence-electron chi connectivity index (χ0n) is 16.7. The third-order valence-corrected chi connectivity index (χ3v) is 7.29. The van der Waals surface area contributed by atoms with Crippen LogP contribution in [0.2, 0.25) is 0 Å². The van der Waals surface area contributed by atoms with Gasteiger partial charge in [0.1, 0.15) is 5.54 Å². The number of imide groups is 1. The number of carbonyl (C=O) groups excluding carboxylic acids is 3. The maximum Gasteiger partial charge on any atom is 0.325 e. The summed E-state index contributed by atoms with van der Waals surface area (Å²) in [6.07, 6.45) is 1.83. The average Bonchev–Trinajstić information content (AvgIpc) is 3.00. The molecule has 2 aromatic rings. The monoisotopic (exact) mass is 442 g/mol. The Labute approximate surface area is 179 Å². The number of carbonyl (C=O) groups is 3. The van der Waals surface area contributed by atoms with E-state index in [-0.39, 0.29) is 36.8 Å². The van der Waals surface area contributed by atoms with Crippen LogP contribution >= 0.6 is 0 Å². The van der Waals surface area contributed by atoms with E-state index in [4.69, 9.17) is 0 Å². The van der Waals surface area contributed by atoms with E-state index in [0.717, 1.165) is 10.6 Å². The van der Waals surface area contributed by atoms with Gasteiger partial charge in [0.25, 0.3) is 11.8 Å². The largest absolute Gasteiger partial charge is 0.346 e. The van der Waals surface area contributed by atoms with Crippen LogP contribution in [0, 0.1) is 0 Å². The Morgan fingerprint density at radius 1 is 1.10 bits per heavy atom. The van der Waals surface area contributed by atoms with Gasteiger partial charge in [-0.25, -0.2) is 13.2 Å². The van der Waals surface area contributed by atoms with Crippen LogP contribution in [0.1, 0.15) is 34.5 Å². The summed E-state index contributed by atoms with van der Waals surface area (Å²) in [7, 11) is -3.16. The number of aromatic nitrogens is 1. The fourth-order valence-corrected chi connectivity index (χ4v) is 5.29. The molecule has 4 rings (SSSR count). The van der Waals surface area contributed by atoms with Crippen LogP contribution in [0.5, 0.6) is 0 Å².